The summed E-state index contributed by atoms with van der Waals surface area (Å²) in [4.78, 5) is 23.4. The number of carbonyl (C=O) groups excluding carboxylic acids is 1. The summed E-state index contributed by atoms with van der Waals surface area (Å²) in [5.41, 5.74) is 0. The monoisotopic (exact) mass is 343 g/mol. The first kappa shape index (κ1) is 15.8. The summed E-state index contributed by atoms with van der Waals surface area (Å²) in [6, 6.07) is 6.65. The number of hydrogen-bond acceptors (Lipinski definition) is 3. The van der Waals surface area contributed by atoms with Crippen LogP contribution >= 0.6 is 27.7 Å². The maximum Gasteiger partial charge on any atom is 0.326 e. The number of halogens is 1. The van der Waals surface area contributed by atoms with Gasteiger partial charge < -0.3 is 10.4 Å². The lowest BCUT2D eigenvalue weighted by Crippen LogP contribution is -2.41. The number of amides is 1. The highest BCUT2D eigenvalue weighted by Gasteiger charge is 2.17. The van der Waals surface area contributed by atoms with E-state index in [4.69, 9.17) is 5.11 Å². The second-order valence-corrected chi connectivity index (χ2v) is 5.69. The maximum atomic E-state index is 11.6. The molecule has 0 aliphatic rings. The third-order valence-corrected chi connectivity index (χ3v) is 3.76. The van der Waals surface area contributed by atoms with Crippen LogP contribution in [0.15, 0.2) is 46.3 Å². The molecule has 1 atom stereocenters. The average molecular weight is 344 g/mol. The molecule has 0 radical (unpaired) electrons. The van der Waals surface area contributed by atoms with Crippen molar-refractivity contribution in [1.29, 1.82) is 0 Å². The van der Waals surface area contributed by atoms with Gasteiger partial charge in [-0.05, 0) is 30.7 Å². The second kappa shape index (κ2) is 8.01. The zero-order valence-electron chi connectivity index (χ0n) is 10.1. The number of rotatable bonds is 7. The quantitative estimate of drug-likeness (QED) is 0.590. The van der Waals surface area contributed by atoms with Gasteiger partial charge in [-0.2, -0.15) is 0 Å². The third-order valence-electron chi connectivity index (χ3n) is 2.22. The molecule has 0 saturated heterocycles. The molecule has 0 aliphatic heterocycles. The summed E-state index contributed by atoms with van der Waals surface area (Å²) in [5, 5.41) is 11.4. The van der Waals surface area contributed by atoms with Gasteiger partial charge in [-0.15, -0.1) is 18.3 Å². The minimum atomic E-state index is -1.05. The predicted molar refractivity (Wildman–Crippen MR) is 79.2 cm³/mol. The van der Waals surface area contributed by atoms with Gasteiger partial charge in [-0.1, -0.05) is 22.0 Å². The minimum Gasteiger partial charge on any atom is -0.480 e. The number of hydrogen-bond donors (Lipinski definition) is 2. The molecule has 1 aromatic rings. The third kappa shape index (κ3) is 5.94. The molecule has 0 bridgehead atoms. The van der Waals surface area contributed by atoms with Crippen LogP contribution in [0, 0.1) is 0 Å². The average Bonchev–Trinajstić information content (AvgIpc) is 2.37. The Labute approximate surface area is 124 Å². The van der Waals surface area contributed by atoms with E-state index in [1.54, 1.807) is 0 Å². The lowest BCUT2D eigenvalue weighted by atomic mass is 10.2. The predicted octanol–water partition coefficient (Wildman–Crippen LogP) is 2.69. The van der Waals surface area contributed by atoms with Gasteiger partial charge in [0, 0.05) is 9.37 Å². The Morgan fingerprint density at radius 1 is 1.42 bits per heavy atom. The van der Waals surface area contributed by atoms with Crippen LogP contribution in [0.2, 0.25) is 0 Å². The summed E-state index contributed by atoms with van der Waals surface area (Å²) < 4.78 is 0.971. The second-order valence-electron chi connectivity index (χ2n) is 3.73. The molecule has 0 saturated carbocycles. The Morgan fingerprint density at radius 2 is 2.05 bits per heavy atom. The van der Waals surface area contributed by atoms with Crippen molar-refractivity contribution in [1.82, 2.24) is 5.32 Å². The van der Waals surface area contributed by atoms with Gasteiger partial charge in [0.1, 0.15) is 6.04 Å². The van der Waals surface area contributed by atoms with Crippen molar-refractivity contribution in [2.24, 2.45) is 0 Å². The number of thioether (sulfide) groups is 1. The zero-order valence-corrected chi connectivity index (χ0v) is 12.5. The fraction of sp³-hybridized carbons (Fsp3) is 0.231. The number of nitrogens with one attached hydrogen (secondary N) is 1. The fourth-order valence-electron chi connectivity index (χ4n) is 1.30. The molecule has 0 heterocycles. The van der Waals surface area contributed by atoms with Crippen LogP contribution in [0.1, 0.15) is 6.42 Å². The fourth-order valence-corrected chi connectivity index (χ4v) is 2.28. The number of benzene rings is 1. The minimum absolute atomic E-state index is 0.183. The molecular weight excluding hydrogens is 330 g/mol. The Morgan fingerprint density at radius 3 is 2.58 bits per heavy atom. The van der Waals surface area contributed by atoms with E-state index in [1.165, 1.54) is 17.8 Å². The van der Waals surface area contributed by atoms with Crippen LogP contribution in [0.3, 0.4) is 0 Å². The van der Waals surface area contributed by atoms with Crippen molar-refractivity contribution in [3.63, 3.8) is 0 Å². The van der Waals surface area contributed by atoms with Gasteiger partial charge in [0.2, 0.25) is 5.91 Å². The Bertz CT molecular complexity index is 461. The first-order valence-electron chi connectivity index (χ1n) is 5.54. The molecule has 19 heavy (non-hydrogen) atoms. The van der Waals surface area contributed by atoms with Gasteiger partial charge in [-0.3, -0.25) is 4.79 Å². The first-order chi connectivity index (χ1) is 9.02. The van der Waals surface area contributed by atoms with Crippen LogP contribution in [-0.2, 0) is 9.59 Å². The van der Waals surface area contributed by atoms with Crippen LogP contribution in [0.4, 0.5) is 0 Å². The van der Waals surface area contributed by atoms with Gasteiger partial charge in [0.25, 0.3) is 0 Å². The normalized spacial score (nSPS) is 11.6. The van der Waals surface area contributed by atoms with E-state index < -0.39 is 12.0 Å². The number of carboxylic acids is 1. The van der Waals surface area contributed by atoms with Crippen molar-refractivity contribution in [2.75, 3.05) is 5.75 Å². The summed E-state index contributed by atoms with van der Waals surface area (Å²) in [7, 11) is 0. The van der Waals surface area contributed by atoms with Gasteiger partial charge in [0.15, 0.2) is 0 Å². The highest BCUT2D eigenvalue weighted by Crippen LogP contribution is 2.20. The Hall–Kier alpha value is -1.27. The van der Waals surface area contributed by atoms with E-state index in [-0.39, 0.29) is 18.1 Å². The van der Waals surface area contributed by atoms with Crippen LogP contribution < -0.4 is 5.32 Å². The first-order valence-corrected chi connectivity index (χ1v) is 7.32. The van der Waals surface area contributed by atoms with Crippen LogP contribution in [0.5, 0.6) is 0 Å². The van der Waals surface area contributed by atoms with E-state index >= 15 is 0 Å². The topological polar surface area (TPSA) is 66.4 Å². The van der Waals surface area contributed by atoms with E-state index in [9.17, 15) is 9.59 Å². The number of aliphatic carboxylic acids is 1. The van der Waals surface area contributed by atoms with Crippen molar-refractivity contribution in [2.45, 2.75) is 17.4 Å². The van der Waals surface area contributed by atoms with Crippen molar-refractivity contribution in [3.8, 4) is 0 Å². The molecular formula is C13H14BrNO3S. The van der Waals surface area contributed by atoms with E-state index in [2.05, 4.69) is 27.8 Å². The van der Waals surface area contributed by atoms with Crippen molar-refractivity contribution in [3.05, 3.63) is 41.4 Å². The van der Waals surface area contributed by atoms with Gasteiger partial charge in [-0.25, -0.2) is 4.79 Å². The number of carboxylic acid groups (broad SMARTS) is 1. The van der Waals surface area contributed by atoms with Crippen molar-refractivity contribution < 1.29 is 14.7 Å². The lowest BCUT2D eigenvalue weighted by molar-refractivity contribution is -0.141. The van der Waals surface area contributed by atoms with E-state index in [1.807, 2.05) is 24.3 Å². The summed E-state index contributed by atoms with van der Waals surface area (Å²) >= 11 is 4.69. The molecule has 0 spiro atoms. The molecule has 0 aliphatic carbocycles. The number of carbonyl (C=O) groups is 2. The molecule has 102 valence electrons. The Balaban J connectivity index is 2.44. The zero-order chi connectivity index (χ0) is 14.3. The van der Waals surface area contributed by atoms with Gasteiger partial charge in [0.05, 0.1) is 5.75 Å². The molecule has 0 fully saturated rings. The molecule has 1 rings (SSSR count). The molecule has 1 amide bonds. The van der Waals surface area contributed by atoms with Crippen molar-refractivity contribution >= 4 is 39.6 Å². The molecule has 1 unspecified atom stereocenters. The van der Waals surface area contributed by atoms with Crippen LogP contribution in [-0.4, -0.2) is 28.8 Å². The molecule has 2 N–H and O–H groups in total. The van der Waals surface area contributed by atoms with E-state index in [0.717, 1.165) is 9.37 Å². The highest BCUT2D eigenvalue weighted by molar-refractivity contribution is 9.10. The lowest BCUT2D eigenvalue weighted by Gasteiger charge is -2.12. The van der Waals surface area contributed by atoms with Gasteiger partial charge >= 0.3 is 5.97 Å². The van der Waals surface area contributed by atoms with E-state index in [0.29, 0.717) is 0 Å². The molecule has 0 aromatic heterocycles. The standard InChI is InChI=1S/C13H14BrNO3S/c1-2-3-11(13(17)18)15-12(16)8-19-10-6-4-9(14)5-7-10/h2,4-7,11H,1,3,8H2,(H,15,16)(H,17,18). The smallest absolute Gasteiger partial charge is 0.326 e. The largest absolute Gasteiger partial charge is 0.480 e. The molecule has 1 aromatic carbocycles. The Kier molecular flexibility index (Phi) is 6.66. The summed E-state index contributed by atoms with van der Waals surface area (Å²) in [6.07, 6.45) is 1.69. The molecule has 4 nitrogen and oxygen atoms in total. The molecule has 6 heteroatoms. The van der Waals surface area contributed by atoms with Crippen LogP contribution in [0.25, 0.3) is 0 Å². The SMILES string of the molecule is C=CCC(NC(=O)CSc1ccc(Br)cc1)C(=O)O. The maximum absolute atomic E-state index is 11.6. The summed E-state index contributed by atoms with van der Waals surface area (Å²) in [6.45, 7) is 3.47. The summed E-state index contributed by atoms with van der Waals surface area (Å²) in [5.74, 6) is -1.17. The highest BCUT2D eigenvalue weighted by atomic mass is 79.9.